The highest BCUT2D eigenvalue weighted by Gasteiger charge is 2.48. The molecule has 12 nitrogen and oxygen atoms in total. The Hall–Kier alpha value is -4.58. The molecule has 4 unspecified atom stereocenters. The van der Waals surface area contributed by atoms with Crippen LogP contribution in [0.25, 0.3) is 28.2 Å². The molecule has 0 spiro atoms. The van der Waals surface area contributed by atoms with Crippen LogP contribution in [0.4, 0.5) is 13.6 Å². The van der Waals surface area contributed by atoms with E-state index in [1.54, 1.807) is 11.8 Å². The van der Waals surface area contributed by atoms with Crippen molar-refractivity contribution in [2.24, 2.45) is 28.0 Å². The Balaban J connectivity index is 1.29. The van der Waals surface area contributed by atoms with Crippen molar-refractivity contribution in [3.05, 3.63) is 56.2 Å². The summed E-state index contributed by atoms with van der Waals surface area (Å²) in [6.45, 7) is 21.5. The third-order valence-corrected chi connectivity index (χ3v) is 14.4. The number of nitrogens with zero attached hydrogens (tertiary/aromatic N) is 6. The van der Waals surface area contributed by atoms with E-state index in [0.717, 1.165) is 88.7 Å². The van der Waals surface area contributed by atoms with E-state index >= 15 is 8.78 Å². The number of likely N-dealkylation sites (tertiary alicyclic amines) is 2. The summed E-state index contributed by atoms with van der Waals surface area (Å²) in [6, 6.07) is 1.99. The number of rotatable bonds is 12. The van der Waals surface area contributed by atoms with Gasteiger partial charge in [0.25, 0.3) is 0 Å². The second-order valence-electron chi connectivity index (χ2n) is 20.3. The van der Waals surface area contributed by atoms with Crippen LogP contribution in [0.5, 0.6) is 0 Å². The number of pyridine rings is 1. The highest BCUT2D eigenvalue weighted by molar-refractivity contribution is 5.90. The van der Waals surface area contributed by atoms with E-state index in [1.807, 2.05) is 48.5 Å². The molecule has 0 radical (unpaired) electrons. The molecule has 4 saturated heterocycles. The van der Waals surface area contributed by atoms with Gasteiger partial charge in [-0.3, -0.25) is 4.98 Å². The number of ether oxygens (including phenoxy) is 4. The maximum atomic E-state index is 18.4. The zero-order chi connectivity index (χ0) is 45.7. The number of nitriles is 1. The summed E-state index contributed by atoms with van der Waals surface area (Å²) in [5.74, 6) is 1.16. The van der Waals surface area contributed by atoms with Gasteiger partial charge in [0, 0.05) is 96.2 Å². The number of fused-ring (bicyclic) bond motifs is 4. The predicted octanol–water partition coefficient (Wildman–Crippen LogP) is 7.27. The summed E-state index contributed by atoms with van der Waals surface area (Å²) in [5.41, 5.74) is 9.22. The Kier molecular flexibility index (Phi) is 13.2. The molecule has 1 aromatic carbocycles. The van der Waals surface area contributed by atoms with E-state index in [2.05, 4.69) is 20.9 Å². The molecule has 14 heteroatoms. The van der Waals surface area contributed by atoms with Crippen LogP contribution in [0.1, 0.15) is 122 Å². The van der Waals surface area contributed by atoms with Gasteiger partial charge < -0.3 is 39.4 Å². The van der Waals surface area contributed by atoms with E-state index in [9.17, 15) is 10.1 Å². The second-order valence-corrected chi connectivity index (χ2v) is 20.3. The lowest BCUT2D eigenvalue weighted by molar-refractivity contribution is 0.00934. The molecule has 2 bridgehead atoms. The Morgan fingerprint density at radius 3 is 2.31 bits per heavy atom. The van der Waals surface area contributed by atoms with Gasteiger partial charge in [-0.25, -0.2) is 13.6 Å². The van der Waals surface area contributed by atoms with Gasteiger partial charge in [-0.2, -0.15) is 10.3 Å². The minimum Gasteiger partial charge on any atom is -0.480 e. The number of hydrogen-bond donors (Lipinski definition) is 1. The first kappa shape index (κ1) is 46.0. The number of halogens is 2. The van der Waals surface area contributed by atoms with Crippen LogP contribution in [-0.2, 0) is 32.2 Å². The Morgan fingerprint density at radius 1 is 1.03 bits per heavy atom. The Bertz CT molecular complexity index is 2370. The van der Waals surface area contributed by atoms with Crippen molar-refractivity contribution >= 4 is 29.0 Å². The molecule has 4 atom stereocenters. The van der Waals surface area contributed by atoms with Crippen molar-refractivity contribution < 1.29 is 32.5 Å². The van der Waals surface area contributed by atoms with Crippen molar-refractivity contribution in [2.75, 3.05) is 52.5 Å². The van der Waals surface area contributed by atoms with Crippen LogP contribution in [0.3, 0.4) is 0 Å². The van der Waals surface area contributed by atoms with Gasteiger partial charge in [0.2, 0.25) is 0 Å². The molecule has 64 heavy (non-hydrogen) atoms. The standard InChI is InChI=1S/C50H67F2N7O5/c1-9-11-12-40(54)36(17-53)42-30(4)39(51)18-55-46(42)44-38-26-62-25-37(38)43(41(45(44)52)29(3)10-2)47(59-34-13-14-35(59)22-58(21-34)48(60)64-49(6,7)8)56-31(5)63-28-50(15-16-50)27-57-19-32-23-61-24-33(32)20-57/h18,32-35H,9-16,19-28,54H2,1-8H3/b40-36+,41-29?,47-43+,56-31+. The van der Waals surface area contributed by atoms with Gasteiger partial charge in [0.15, 0.2) is 5.90 Å². The summed E-state index contributed by atoms with van der Waals surface area (Å²) in [6.07, 6.45) is 7.09. The van der Waals surface area contributed by atoms with Crippen LogP contribution in [-0.4, -0.2) is 102 Å². The SMILES string of the molecule is CCCC/C(N)=C(/C#N)c1c(-c2c3c(/c(=C(/N=C(\C)OCC4(CN5CC6COCC6C5)CC4)N4C5CCC4CN(C(=O)OC(C)(C)C)C5)c(=C(C)CC)c2F)COC3)ncc(F)c1C. The first-order chi connectivity index (χ1) is 30.6. The molecule has 8 rings (SSSR count). The van der Waals surface area contributed by atoms with E-state index in [4.69, 9.17) is 29.7 Å². The Labute approximate surface area is 377 Å². The minimum absolute atomic E-state index is 0.0593. The van der Waals surface area contributed by atoms with Gasteiger partial charge in [-0.1, -0.05) is 25.8 Å². The van der Waals surface area contributed by atoms with Crippen LogP contribution < -0.4 is 16.2 Å². The molecule has 2 N–H and O–H groups in total. The number of nitrogens with two attached hydrogens (primary N) is 1. The molecule has 5 aliphatic heterocycles. The number of unbranched alkanes of at least 4 members (excludes halogenated alkanes) is 1. The minimum atomic E-state index is -0.643. The normalized spacial score (nSPS) is 25.2. The van der Waals surface area contributed by atoms with Gasteiger partial charge in [0.05, 0.1) is 50.5 Å². The molecule has 2 aromatic rings. The van der Waals surface area contributed by atoms with Gasteiger partial charge in [-0.15, -0.1) is 0 Å². The highest BCUT2D eigenvalue weighted by atomic mass is 19.1. The number of carbonyl (C=O) groups is 1. The summed E-state index contributed by atoms with van der Waals surface area (Å²) >= 11 is 0. The van der Waals surface area contributed by atoms with Crippen LogP contribution in [0.15, 0.2) is 16.9 Å². The largest absolute Gasteiger partial charge is 0.480 e. The van der Waals surface area contributed by atoms with E-state index in [0.29, 0.717) is 77.8 Å². The van der Waals surface area contributed by atoms with Crippen molar-refractivity contribution in [2.45, 2.75) is 138 Å². The molecule has 1 aliphatic carbocycles. The summed E-state index contributed by atoms with van der Waals surface area (Å²) in [4.78, 5) is 30.1. The number of hydrogen-bond acceptors (Lipinski definition) is 11. The maximum Gasteiger partial charge on any atom is 0.410 e. The molecular weight excluding hydrogens is 817 g/mol. The molecule has 1 amide bonds. The summed E-state index contributed by atoms with van der Waals surface area (Å²) in [7, 11) is 0. The molecular formula is C50H67F2N7O5. The smallest absolute Gasteiger partial charge is 0.410 e. The molecule has 1 saturated carbocycles. The predicted molar refractivity (Wildman–Crippen MR) is 243 cm³/mol. The third kappa shape index (κ3) is 9.01. The van der Waals surface area contributed by atoms with Gasteiger partial charge in [0.1, 0.15) is 29.1 Å². The lowest BCUT2D eigenvalue weighted by Gasteiger charge is -2.42. The number of allylic oxidation sites excluding steroid dienone is 2. The topological polar surface area (TPSA) is 139 Å². The van der Waals surface area contributed by atoms with Crippen molar-refractivity contribution in [1.29, 1.82) is 5.26 Å². The first-order valence-corrected chi connectivity index (χ1v) is 23.5. The van der Waals surface area contributed by atoms with Crippen LogP contribution >= 0.6 is 0 Å². The van der Waals surface area contributed by atoms with E-state index in [1.165, 1.54) is 0 Å². The third-order valence-electron chi connectivity index (χ3n) is 14.4. The number of aliphatic imine (C=N–C) groups is 1. The first-order valence-electron chi connectivity index (χ1n) is 23.5. The average Bonchev–Trinajstić information content (AvgIpc) is 3.56. The molecule has 6 aliphatic rings. The molecule has 6 heterocycles. The second kappa shape index (κ2) is 18.4. The number of aromatic nitrogens is 1. The fourth-order valence-electron chi connectivity index (χ4n) is 10.6. The van der Waals surface area contributed by atoms with E-state index in [-0.39, 0.29) is 64.8 Å². The highest BCUT2D eigenvalue weighted by Crippen LogP contribution is 2.48. The average molecular weight is 884 g/mol. The van der Waals surface area contributed by atoms with Gasteiger partial charge >= 0.3 is 6.09 Å². The number of amides is 1. The van der Waals surface area contributed by atoms with Crippen LogP contribution in [0, 0.1) is 47.1 Å². The van der Waals surface area contributed by atoms with Crippen molar-refractivity contribution in [1.82, 2.24) is 19.7 Å². The lowest BCUT2D eigenvalue weighted by atomic mass is 9.88. The fourth-order valence-corrected chi connectivity index (χ4v) is 10.6. The summed E-state index contributed by atoms with van der Waals surface area (Å²) < 4.78 is 58.4. The quantitative estimate of drug-likeness (QED) is 0.132. The van der Waals surface area contributed by atoms with E-state index < -0.39 is 17.2 Å². The Morgan fingerprint density at radius 2 is 1.70 bits per heavy atom. The summed E-state index contributed by atoms with van der Waals surface area (Å²) in [5, 5.41) is 11.6. The molecule has 1 aromatic heterocycles. The van der Waals surface area contributed by atoms with Crippen LogP contribution in [0.2, 0.25) is 0 Å². The lowest BCUT2D eigenvalue weighted by Crippen LogP contribution is -2.56. The zero-order valence-corrected chi connectivity index (χ0v) is 39.2. The maximum absolute atomic E-state index is 18.4. The van der Waals surface area contributed by atoms with Gasteiger partial charge in [-0.05, 0) is 96.3 Å². The molecule has 346 valence electrons. The fraction of sp³-hybridized carbons (Fsp3) is 0.640. The zero-order valence-electron chi connectivity index (χ0n) is 39.2. The molecule has 5 fully saturated rings. The number of carbonyl (C=O) groups excluding carboxylic acids is 1. The monoisotopic (exact) mass is 884 g/mol. The van der Waals surface area contributed by atoms with Crippen molar-refractivity contribution in [3.63, 3.8) is 0 Å². The number of benzene rings is 1. The number of piperazine rings is 1. The van der Waals surface area contributed by atoms with Crippen molar-refractivity contribution in [3.8, 4) is 17.3 Å².